The van der Waals surface area contributed by atoms with E-state index in [9.17, 15) is 4.79 Å². The van der Waals surface area contributed by atoms with E-state index < -0.39 is 0 Å². The molecule has 2 aliphatic rings. The van der Waals surface area contributed by atoms with E-state index in [2.05, 4.69) is 29.7 Å². The zero-order valence-corrected chi connectivity index (χ0v) is 11.6. The normalized spacial score (nSPS) is 19.7. The maximum absolute atomic E-state index is 11.7. The van der Waals surface area contributed by atoms with Gasteiger partial charge in [-0.2, -0.15) is 0 Å². The van der Waals surface area contributed by atoms with Gasteiger partial charge in [0.25, 0.3) is 0 Å². The molecule has 0 saturated carbocycles. The number of rotatable bonds is 2. The van der Waals surface area contributed by atoms with Gasteiger partial charge in [0.2, 0.25) is 5.78 Å². The maximum Gasteiger partial charge on any atom is 0.204 e. The molecule has 4 nitrogen and oxygen atoms in total. The highest BCUT2D eigenvalue weighted by Gasteiger charge is 2.27. The summed E-state index contributed by atoms with van der Waals surface area (Å²) >= 11 is 0. The van der Waals surface area contributed by atoms with E-state index in [1.165, 1.54) is 0 Å². The number of para-hydroxylation sites is 1. The summed E-state index contributed by atoms with van der Waals surface area (Å²) in [5.41, 5.74) is 1.82. The molecule has 0 amide bonds. The fourth-order valence-electron chi connectivity index (χ4n) is 2.84. The molecule has 0 radical (unpaired) electrons. The molecule has 1 saturated heterocycles. The van der Waals surface area contributed by atoms with Gasteiger partial charge >= 0.3 is 0 Å². The number of anilines is 1. The summed E-state index contributed by atoms with van der Waals surface area (Å²) in [7, 11) is 0. The molecular formula is C15H20N2O2. The van der Waals surface area contributed by atoms with Gasteiger partial charge in [-0.1, -0.05) is 6.07 Å². The van der Waals surface area contributed by atoms with Gasteiger partial charge in [-0.25, -0.2) is 0 Å². The third-order valence-corrected chi connectivity index (χ3v) is 4.03. The van der Waals surface area contributed by atoms with Crippen molar-refractivity contribution < 1.29 is 9.53 Å². The number of ether oxygens (including phenoxy) is 1. The summed E-state index contributed by atoms with van der Waals surface area (Å²) in [5, 5.41) is 0. The van der Waals surface area contributed by atoms with Crippen LogP contribution in [-0.4, -0.2) is 49.5 Å². The van der Waals surface area contributed by atoms with Gasteiger partial charge in [0, 0.05) is 32.2 Å². The third kappa shape index (κ3) is 2.21. The predicted molar refractivity (Wildman–Crippen MR) is 75.2 cm³/mol. The van der Waals surface area contributed by atoms with Crippen molar-refractivity contribution in [2.45, 2.75) is 19.9 Å². The van der Waals surface area contributed by atoms with Crippen LogP contribution < -0.4 is 9.64 Å². The molecule has 0 unspecified atom stereocenters. The van der Waals surface area contributed by atoms with Crippen LogP contribution in [-0.2, 0) is 0 Å². The van der Waals surface area contributed by atoms with Crippen molar-refractivity contribution in [1.82, 2.24) is 4.90 Å². The van der Waals surface area contributed by atoms with Crippen molar-refractivity contribution >= 4 is 11.5 Å². The quantitative estimate of drug-likeness (QED) is 0.811. The van der Waals surface area contributed by atoms with Crippen LogP contribution >= 0.6 is 0 Å². The molecule has 3 rings (SSSR count). The lowest BCUT2D eigenvalue weighted by atomic mass is 10.1. The van der Waals surface area contributed by atoms with Crippen molar-refractivity contribution in [2.24, 2.45) is 0 Å². The molecule has 0 aliphatic carbocycles. The number of ketones is 1. The summed E-state index contributed by atoms with van der Waals surface area (Å²) in [6.07, 6.45) is 0. The maximum atomic E-state index is 11.7. The van der Waals surface area contributed by atoms with Crippen LogP contribution in [0.15, 0.2) is 18.2 Å². The van der Waals surface area contributed by atoms with Crippen LogP contribution in [0.4, 0.5) is 5.69 Å². The largest absolute Gasteiger partial charge is 0.482 e. The van der Waals surface area contributed by atoms with E-state index >= 15 is 0 Å². The molecule has 0 bridgehead atoms. The molecule has 1 aromatic rings. The summed E-state index contributed by atoms with van der Waals surface area (Å²) in [5.74, 6) is 0.878. The number of carbonyl (C=O) groups excluding carboxylic acids is 1. The summed E-state index contributed by atoms with van der Waals surface area (Å²) in [6.45, 7) is 8.77. The average molecular weight is 260 g/mol. The lowest BCUT2D eigenvalue weighted by molar-refractivity contribution is 0.0961. The van der Waals surface area contributed by atoms with Gasteiger partial charge in [0.1, 0.15) is 0 Å². The average Bonchev–Trinajstić information content (AvgIpc) is 2.81. The molecule has 1 aromatic carbocycles. The first-order valence-corrected chi connectivity index (χ1v) is 6.95. The van der Waals surface area contributed by atoms with Crippen LogP contribution in [0.2, 0.25) is 0 Å². The lowest BCUT2D eigenvalue weighted by Gasteiger charge is -2.38. The van der Waals surface area contributed by atoms with Crippen LogP contribution in [0.1, 0.15) is 24.2 Å². The standard InChI is InChI=1S/C15H20N2O2/c1-11(2)16-6-8-17(9-7-16)13-5-3-4-12-14(18)10-19-15(12)13/h3-5,11H,6-10H2,1-2H3. The van der Waals surface area contributed by atoms with E-state index in [1.807, 2.05) is 12.1 Å². The fourth-order valence-corrected chi connectivity index (χ4v) is 2.84. The van der Waals surface area contributed by atoms with Gasteiger partial charge in [0.15, 0.2) is 12.4 Å². The molecule has 1 fully saturated rings. The van der Waals surface area contributed by atoms with Crippen molar-refractivity contribution in [3.8, 4) is 5.75 Å². The minimum absolute atomic E-state index is 0.0951. The Morgan fingerprint density at radius 3 is 2.58 bits per heavy atom. The van der Waals surface area contributed by atoms with E-state index in [-0.39, 0.29) is 12.4 Å². The second-order valence-corrected chi connectivity index (χ2v) is 5.48. The van der Waals surface area contributed by atoms with Crippen molar-refractivity contribution in [1.29, 1.82) is 0 Å². The summed E-state index contributed by atoms with van der Waals surface area (Å²) < 4.78 is 5.56. The van der Waals surface area contributed by atoms with E-state index in [1.54, 1.807) is 0 Å². The number of Topliss-reactive ketones (excluding diaryl/α,β-unsaturated/α-hetero) is 1. The molecule has 0 spiro atoms. The van der Waals surface area contributed by atoms with E-state index in [4.69, 9.17) is 4.74 Å². The second-order valence-electron chi connectivity index (χ2n) is 5.48. The van der Waals surface area contributed by atoms with Gasteiger partial charge in [-0.3, -0.25) is 9.69 Å². The van der Waals surface area contributed by atoms with Crippen LogP contribution in [0.3, 0.4) is 0 Å². The first-order chi connectivity index (χ1) is 9.16. The Bertz CT molecular complexity index is 491. The SMILES string of the molecule is CC(C)N1CCN(c2cccc3c2OCC3=O)CC1. The molecule has 0 atom stereocenters. The molecular weight excluding hydrogens is 240 g/mol. The second kappa shape index (κ2) is 4.85. The molecule has 4 heteroatoms. The monoisotopic (exact) mass is 260 g/mol. The number of fused-ring (bicyclic) bond motifs is 1. The van der Waals surface area contributed by atoms with Gasteiger partial charge in [-0.15, -0.1) is 0 Å². The highest BCUT2D eigenvalue weighted by Crippen LogP contribution is 2.36. The van der Waals surface area contributed by atoms with Gasteiger partial charge in [0.05, 0.1) is 11.3 Å². The number of benzene rings is 1. The Labute approximate surface area is 113 Å². The minimum Gasteiger partial charge on any atom is -0.482 e. The highest BCUT2D eigenvalue weighted by molar-refractivity contribution is 6.04. The lowest BCUT2D eigenvalue weighted by Crippen LogP contribution is -2.49. The first kappa shape index (κ1) is 12.5. The van der Waals surface area contributed by atoms with Crippen LogP contribution in [0.5, 0.6) is 5.75 Å². The molecule has 0 N–H and O–H groups in total. The number of hydrogen-bond acceptors (Lipinski definition) is 4. The summed E-state index contributed by atoms with van der Waals surface area (Å²) in [6, 6.07) is 6.47. The number of piperazine rings is 1. The van der Waals surface area contributed by atoms with E-state index in [0.29, 0.717) is 6.04 Å². The highest BCUT2D eigenvalue weighted by atomic mass is 16.5. The predicted octanol–water partition coefficient (Wildman–Crippen LogP) is 1.79. The number of nitrogens with zero attached hydrogens (tertiary/aromatic N) is 2. The van der Waals surface area contributed by atoms with Gasteiger partial charge in [-0.05, 0) is 26.0 Å². The molecule has 0 aromatic heterocycles. The smallest absolute Gasteiger partial charge is 0.204 e. The zero-order valence-electron chi connectivity index (χ0n) is 11.6. The van der Waals surface area contributed by atoms with Crippen LogP contribution in [0, 0.1) is 0 Å². The molecule has 2 heterocycles. The Morgan fingerprint density at radius 1 is 1.16 bits per heavy atom. The first-order valence-electron chi connectivity index (χ1n) is 6.95. The minimum atomic E-state index is 0.0951. The van der Waals surface area contributed by atoms with E-state index in [0.717, 1.165) is 43.2 Å². The molecule has 19 heavy (non-hydrogen) atoms. The Balaban J connectivity index is 1.80. The van der Waals surface area contributed by atoms with Crippen LogP contribution in [0.25, 0.3) is 0 Å². The number of hydrogen-bond donors (Lipinski definition) is 0. The number of carbonyl (C=O) groups is 1. The van der Waals surface area contributed by atoms with Crippen molar-refractivity contribution in [3.63, 3.8) is 0 Å². The Morgan fingerprint density at radius 2 is 1.89 bits per heavy atom. The summed E-state index contributed by atoms with van der Waals surface area (Å²) in [4.78, 5) is 16.5. The molecule has 102 valence electrons. The third-order valence-electron chi connectivity index (χ3n) is 4.03. The Hall–Kier alpha value is -1.55. The Kier molecular flexibility index (Phi) is 3.19. The topological polar surface area (TPSA) is 32.8 Å². The van der Waals surface area contributed by atoms with Crippen molar-refractivity contribution in [3.05, 3.63) is 23.8 Å². The fraction of sp³-hybridized carbons (Fsp3) is 0.533. The zero-order chi connectivity index (χ0) is 13.4. The molecule has 2 aliphatic heterocycles. The van der Waals surface area contributed by atoms with Gasteiger partial charge < -0.3 is 9.64 Å². The van der Waals surface area contributed by atoms with Crippen molar-refractivity contribution in [2.75, 3.05) is 37.7 Å².